The fourth-order valence-electron chi connectivity index (χ4n) is 9.72. The molecule has 0 aliphatic rings. The van der Waals surface area contributed by atoms with Gasteiger partial charge in [0.15, 0.2) is 0 Å². The van der Waals surface area contributed by atoms with Gasteiger partial charge < -0.3 is 20.3 Å². The van der Waals surface area contributed by atoms with Crippen LogP contribution in [0.25, 0.3) is 0 Å². The second-order valence-electron chi connectivity index (χ2n) is 21.1. The van der Waals surface area contributed by atoms with Crippen molar-refractivity contribution in [3.8, 4) is 0 Å². The lowest BCUT2D eigenvalue weighted by molar-refractivity contribution is -0.151. The van der Waals surface area contributed by atoms with E-state index in [4.69, 9.17) is 4.74 Å². The lowest BCUT2D eigenvalue weighted by Crippen LogP contribution is -2.46. The Morgan fingerprint density at radius 2 is 0.716 bits per heavy atom. The molecule has 0 heterocycles. The highest BCUT2D eigenvalue weighted by Gasteiger charge is 2.24. The van der Waals surface area contributed by atoms with Gasteiger partial charge in [-0.3, -0.25) is 9.59 Å². The van der Waals surface area contributed by atoms with E-state index in [0.29, 0.717) is 19.3 Å². The summed E-state index contributed by atoms with van der Waals surface area (Å²) in [4.78, 5) is 26.3. The Hall–Kier alpha value is -1.40. The zero-order valence-corrected chi connectivity index (χ0v) is 45.6. The molecule has 0 saturated carbocycles. The van der Waals surface area contributed by atoms with Crippen LogP contribution in [-0.4, -0.2) is 46.9 Å². The number of amides is 1. The Balaban J connectivity index is 4.46. The maximum Gasteiger partial charge on any atom is 0.306 e. The SMILES string of the molecule is CCCCCCCC/C=C/CCCCCCCCCCCC(=O)OC(CCCCCCCCCCCCCCCC)CC(=O)NC(CO)C(O)CCCCCCCCCCCCCCCCC. The fourth-order valence-corrected chi connectivity index (χ4v) is 9.72. The molecule has 0 aromatic rings. The summed E-state index contributed by atoms with van der Waals surface area (Å²) in [6.07, 6.45) is 64.2. The van der Waals surface area contributed by atoms with Crippen LogP contribution in [0.1, 0.15) is 342 Å². The highest BCUT2D eigenvalue weighted by molar-refractivity contribution is 5.77. The number of nitrogens with one attached hydrogen (secondary N) is 1. The zero-order chi connectivity index (χ0) is 48.8. The molecule has 6 heteroatoms. The molecule has 398 valence electrons. The number of esters is 1. The van der Waals surface area contributed by atoms with E-state index < -0.39 is 18.2 Å². The standard InChI is InChI=1S/C61H119NO5/c1-4-7-10-13-16-19-22-25-28-29-30-31-33-36-39-42-45-48-51-54-61(66)67-57(52-49-46-43-40-37-34-27-24-21-18-15-12-9-6-3)55-60(65)62-58(56-63)59(64)53-50-47-44-41-38-35-32-26-23-20-17-14-11-8-5-2/h25,28,57-59,63-64H,4-24,26-27,29-56H2,1-3H3,(H,62,65)/b28-25+. The average molecular weight is 947 g/mol. The number of aliphatic hydroxyl groups is 2. The van der Waals surface area contributed by atoms with Crippen molar-refractivity contribution in [1.29, 1.82) is 0 Å². The molecule has 67 heavy (non-hydrogen) atoms. The lowest BCUT2D eigenvalue weighted by Gasteiger charge is -2.24. The van der Waals surface area contributed by atoms with Gasteiger partial charge in [0.25, 0.3) is 0 Å². The lowest BCUT2D eigenvalue weighted by atomic mass is 10.0. The quantitative estimate of drug-likeness (QED) is 0.0321. The number of hydrogen-bond donors (Lipinski definition) is 3. The molecule has 3 atom stereocenters. The van der Waals surface area contributed by atoms with E-state index in [0.717, 1.165) is 44.9 Å². The molecule has 6 nitrogen and oxygen atoms in total. The van der Waals surface area contributed by atoms with Crippen LogP contribution in [0.5, 0.6) is 0 Å². The van der Waals surface area contributed by atoms with E-state index in [9.17, 15) is 19.8 Å². The Morgan fingerprint density at radius 1 is 0.418 bits per heavy atom. The number of carbonyl (C=O) groups excluding carboxylic acids is 2. The molecule has 0 aliphatic heterocycles. The number of ether oxygens (including phenoxy) is 1. The van der Waals surface area contributed by atoms with Crippen molar-refractivity contribution in [3.63, 3.8) is 0 Å². The van der Waals surface area contributed by atoms with Gasteiger partial charge >= 0.3 is 5.97 Å². The number of allylic oxidation sites excluding steroid dienone is 2. The summed E-state index contributed by atoms with van der Waals surface area (Å²) < 4.78 is 5.98. The number of carbonyl (C=O) groups is 2. The molecule has 0 saturated heterocycles. The monoisotopic (exact) mass is 946 g/mol. The highest BCUT2D eigenvalue weighted by atomic mass is 16.5. The van der Waals surface area contributed by atoms with Crippen molar-refractivity contribution in [2.24, 2.45) is 0 Å². The van der Waals surface area contributed by atoms with E-state index in [1.54, 1.807) is 0 Å². The van der Waals surface area contributed by atoms with Gasteiger partial charge in [0.2, 0.25) is 5.91 Å². The zero-order valence-electron chi connectivity index (χ0n) is 45.6. The number of aliphatic hydroxyl groups excluding tert-OH is 2. The predicted molar refractivity (Wildman–Crippen MR) is 292 cm³/mol. The highest BCUT2D eigenvalue weighted by Crippen LogP contribution is 2.19. The number of unbranched alkanes of at least 4 members (excludes halogenated alkanes) is 42. The van der Waals surface area contributed by atoms with Crippen LogP contribution in [0.4, 0.5) is 0 Å². The summed E-state index contributed by atoms with van der Waals surface area (Å²) in [6, 6.07) is -0.696. The molecule has 0 aliphatic carbocycles. The largest absolute Gasteiger partial charge is 0.462 e. The van der Waals surface area contributed by atoms with Crippen LogP contribution in [-0.2, 0) is 14.3 Å². The fraction of sp³-hybridized carbons (Fsp3) is 0.934. The van der Waals surface area contributed by atoms with Gasteiger partial charge in [0, 0.05) is 6.42 Å². The minimum absolute atomic E-state index is 0.0852. The van der Waals surface area contributed by atoms with Crippen molar-refractivity contribution < 1.29 is 24.5 Å². The summed E-state index contributed by atoms with van der Waals surface area (Å²) in [5, 5.41) is 23.9. The minimum atomic E-state index is -0.783. The summed E-state index contributed by atoms with van der Waals surface area (Å²) in [5.41, 5.74) is 0. The molecule has 0 rings (SSSR count). The first-order valence-electron chi connectivity index (χ1n) is 30.4. The number of rotatable bonds is 56. The molecule has 0 radical (unpaired) electrons. The first-order chi connectivity index (χ1) is 33.0. The summed E-state index contributed by atoms with van der Waals surface area (Å²) >= 11 is 0. The van der Waals surface area contributed by atoms with Crippen molar-refractivity contribution in [3.05, 3.63) is 12.2 Å². The van der Waals surface area contributed by atoms with Gasteiger partial charge in [-0.15, -0.1) is 0 Å². The second-order valence-corrected chi connectivity index (χ2v) is 21.1. The van der Waals surface area contributed by atoms with E-state index in [-0.39, 0.29) is 24.9 Å². The van der Waals surface area contributed by atoms with Crippen molar-refractivity contribution >= 4 is 11.9 Å². The minimum Gasteiger partial charge on any atom is -0.462 e. The molecule has 0 aromatic heterocycles. The molecule has 1 amide bonds. The first kappa shape index (κ1) is 65.6. The maximum absolute atomic E-state index is 13.3. The Labute approximate surface area is 419 Å². The van der Waals surface area contributed by atoms with Crippen LogP contribution in [0.3, 0.4) is 0 Å². The molecular formula is C61H119NO5. The van der Waals surface area contributed by atoms with E-state index in [1.807, 2.05) is 0 Å². The van der Waals surface area contributed by atoms with Crippen LogP contribution in [0, 0.1) is 0 Å². The van der Waals surface area contributed by atoms with E-state index in [1.165, 1.54) is 250 Å². The topological polar surface area (TPSA) is 95.9 Å². The third-order valence-corrected chi connectivity index (χ3v) is 14.3. The maximum atomic E-state index is 13.3. The molecular weight excluding hydrogens is 827 g/mol. The van der Waals surface area contributed by atoms with Gasteiger partial charge in [-0.1, -0.05) is 290 Å². The van der Waals surface area contributed by atoms with Crippen molar-refractivity contribution in [2.45, 2.75) is 360 Å². The van der Waals surface area contributed by atoms with E-state index in [2.05, 4.69) is 38.2 Å². The Bertz CT molecular complexity index is 1020. The molecule has 3 unspecified atom stereocenters. The summed E-state index contributed by atoms with van der Waals surface area (Å²) in [5.74, 6) is -0.450. The van der Waals surface area contributed by atoms with E-state index >= 15 is 0 Å². The molecule has 0 aromatic carbocycles. The third-order valence-electron chi connectivity index (χ3n) is 14.3. The van der Waals surface area contributed by atoms with Crippen LogP contribution in [0.2, 0.25) is 0 Å². The van der Waals surface area contributed by atoms with Crippen LogP contribution in [0.15, 0.2) is 12.2 Å². The van der Waals surface area contributed by atoms with Gasteiger partial charge in [0.05, 0.1) is 25.2 Å². The van der Waals surface area contributed by atoms with Crippen molar-refractivity contribution in [1.82, 2.24) is 5.32 Å². The normalized spacial score (nSPS) is 13.1. The predicted octanol–water partition coefficient (Wildman–Crippen LogP) is 18.9. The molecule has 0 spiro atoms. The van der Waals surface area contributed by atoms with Crippen LogP contribution < -0.4 is 5.32 Å². The Morgan fingerprint density at radius 3 is 1.06 bits per heavy atom. The smallest absolute Gasteiger partial charge is 0.306 e. The summed E-state index contributed by atoms with van der Waals surface area (Å²) in [7, 11) is 0. The molecule has 0 bridgehead atoms. The van der Waals surface area contributed by atoms with Crippen LogP contribution >= 0.6 is 0 Å². The number of hydrogen-bond acceptors (Lipinski definition) is 5. The molecule has 0 fully saturated rings. The van der Waals surface area contributed by atoms with Gasteiger partial charge in [0.1, 0.15) is 6.10 Å². The first-order valence-corrected chi connectivity index (χ1v) is 30.4. The van der Waals surface area contributed by atoms with Gasteiger partial charge in [-0.2, -0.15) is 0 Å². The van der Waals surface area contributed by atoms with Gasteiger partial charge in [-0.25, -0.2) is 0 Å². The third kappa shape index (κ3) is 50.8. The molecule has 3 N–H and O–H groups in total. The van der Waals surface area contributed by atoms with Gasteiger partial charge in [-0.05, 0) is 51.4 Å². The Kier molecular flexibility index (Phi) is 54.4. The average Bonchev–Trinajstić information content (AvgIpc) is 3.32. The van der Waals surface area contributed by atoms with Crippen molar-refractivity contribution in [2.75, 3.05) is 6.61 Å². The summed E-state index contributed by atoms with van der Waals surface area (Å²) in [6.45, 7) is 6.53. The second kappa shape index (κ2) is 55.5.